The van der Waals surface area contributed by atoms with Crippen molar-refractivity contribution < 1.29 is 14.6 Å². The molecule has 19 heavy (non-hydrogen) atoms. The number of likely N-dealkylation sites (N-methyl/N-ethyl adjacent to an activating group) is 1. The average molecular weight is 270 g/mol. The maximum absolute atomic E-state index is 11.9. The quantitative estimate of drug-likeness (QED) is 0.764. The molecule has 1 aliphatic heterocycles. The smallest absolute Gasteiger partial charge is 0.234 e. The molecule has 1 saturated carbocycles. The number of rotatable bonds is 5. The molecule has 1 amide bonds. The van der Waals surface area contributed by atoms with Gasteiger partial charge in [-0.15, -0.1) is 0 Å². The Morgan fingerprint density at radius 1 is 1.37 bits per heavy atom. The minimum atomic E-state index is -0.576. The Hall–Kier alpha value is -0.650. The minimum absolute atomic E-state index is 0.0518. The molecule has 0 bridgehead atoms. The van der Waals surface area contributed by atoms with E-state index in [0.717, 1.165) is 51.7 Å². The number of amides is 1. The third-order valence-corrected chi connectivity index (χ3v) is 4.10. The first kappa shape index (κ1) is 14.8. The highest BCUT2D eigenvalue weighted by molar-refractivity contribution is 5.78. The highest BCUT2D eigenvalue weighted by Gasteiger charge is 2.32. The average Bonchev–Trinajstić information content (AvgIpc) is 2.76. The van der Waals surface area contributed by atoms with Crippen molar-refractivity contribution in [1.29, 1.82) is 0 Å². The molecule has 1 saturated heterocycles. The molecule has 2 aliphatic rings. The van der Waals surface area contributed by atoms with Crippen LogP contribution in [0.3, 0.4) is 0 Å². The van der Waals surface area contributed by atoms with E-state index in [1.54, 1.807) is 0 Å². The second-order valence-corrected chi connectivity index (χ2v) is 6.06. The summed E-state index contributed by atoms with van der Waals surface area (Å²) in [6, 6.07) is 0.254. The third kappa shape index (κ3) is 4.75. The number of carbonyl (C=O) groups excluding carboxylic acids is 1. The van der Waals surface area contributed by atoms with E-state index in [9.17, 15) is 9.90 Å². The largest absolute Gasteiger partial charge is 0.389 e. The summed E-state index contributed by atoms with van der Waals surface area (Å²) in [5.74, 6) is 0.0518. The molecule has 0 aromatic rings. The van der Waals surface area contributed by atoms with Crippen LogP contribution in [0.5, 0.6) is 0 Å². The van der Waals surface area contributed by atoms with Crippen molar-refractivity contribution in [2.75, 3.05) is 33.4 Å². The molecule has 110 valence electrons. The number of nitrogens with zero attached hydrogens (tertiary/aromatic N) is 1. The molecule has 1 heterocycles. The van der Waals surface area contributed by atoms with Gasteiger partial charge >= 0.3 is 0 Å². The molecule has 0 atom stereocenters. The van der Waals surface area contributed by atoms with Gasteiger partial charge in [0.15, 0.2) is 0 Å². The molecule has 2 fully saturated rings. The second-order valence-electron chi connectivity index (χ2n) is 6.06. The first-order valence-corrected chi connectivity index (χ1v) is 7.35. The minimum Gasteiger partial charge on any atom is -0.389 e. The lowest BCUT2D eigenvalue weighted by Crippen LogP contribution is -2.46. The van der Waals surface area contributed by atoms with Gasteiger partial charge in [-0.3, -0.25) is 9.69 Å². The first-order chi connectivity index (χ1) is 9.07. The zero-order chi connectivity index (χ0) is 13.7. The summed E-state index contributed by atoms with van der Waals surface area (Å²) in [4.78, 5) is 13.9. The summed E-state index contributed by atoms with van der Waals surface area (Å²) in [5, 5.41) is 13.4. The Bertz CT molecular complexity index is 297. The van der Waals surface area contributed by atoms with E-state index in [-0.39, 0.29) is 11.9 Å². The van der Waals surface area contributed by atoms with Crippen molar-refractivity contribution in [2.45, 2.75) is 50.2 Å². The van der Waals surface area contributed by atoms with Gasteiger partial charge in [-0.2, -0.15) is 0 Å². The number of hydrogen-bond donors (Lipinski definition) is 2. The fraction of sp³-hybridized carbons (Fsp3) is 0.929. The van der Waals surface area contributed by atoms with E-state index in [4.69, 9.17) is 4.74 Å². The van der Waals surface area contributed by atoms with Crippen molar-refractivity contribution in [3.8, 4) is 0 Å². The number of carbonyl (C=O) groups is 1. The van der Waals surface area contributed by atoms with Gasteiger partial charge in [0.25, 0.3) is 0 Å². The van der Waals surface area contributed by atoms with Gasteiger partial charge in [0.1, 0.15) is 0 Å². The molecule has 5 heteroatoms. The zero-order valence-electron chi connectivity index (χ0n) is 11.9. The monoisotopic (exact) mass is 270 g/mol. The molecule has 0 aromatic heterocycles. The summed E-state index contributed by atoms with van der Waals surface area (Å²) < 4.78 is 5.27. The van der Waals surface area contributed by atoms with E-state index in [1.807, 2.05) is 11.9 Å². The number of ether oxygens (including phenoxy) is 1. The van der Waals surface area contributed by atoms with Crippen LogP contribution in [0.25, 0.3) is 0 Å². The summed E-state index contributed by atoms with van der Waals surface area (Å²) in [6.45, 7) is 2.43. The molecular weight excluding hydrogens is 244 g/mol. The fourth-order valence-corrected chi connectivity index (χ4v) is 3.11. The molecule has 5 nitrogen and oxygen atoms in total. The molecule has 0 unspecified atom stereocenters. The van der Waals surface area contributed by atoms with Crippen LogP contribution < -0.4 is 5.32 Å². The summed E-state index contributed by atoms with van der Waals surface area (Å²) >= 11 is 0. The maximum Gasteiger partial charge on any atom is 0.234 e. The van der Waals surface area contributed by atoms with Gasteiger partial charge in [0, 0.05) is 25.8 Å². The Balaban J connectivity index is 1.69. The topological polar surface area (TPSA) is 61.8 Å². The summed E-state index contributed by atoms with van der Waals surface area (Å²) in [5.41, 5.74) is -0.576. The van der Waals surface area contributed by atoms with Gasteiger partial charge in [-0.25, -0.2) is 0 Å². The molecular formula is C14H26N2O3. The lowest BCUT2D eigenvalue weighted by molar-refractivity contribution is -0.123. The van der Waals surface area contributed by atoms with Crippen LogP contribution in [0, 0.1) is 0 Å². The van der Waals surface area contributed by atoms with Crippen LogP contribution >= 0.6 is 0 Å². The van der Waals surface area contributed by atoms with Crippen molar-refractivity contribution in [3.05, 3.63) is 0 Å². The number of nitrogens with one attached hydrogen (secondary N) is 1. The fourth-order valence-electron chi connectivity index (χ4n) is 3.11. The summed E-state index contributed by atoms with van der Waals surface area (Å²) in [7, 11) is 1.90. The lowest BCUT2D eigenvalue weighted by Gasteiger charge is -2.29. The van der Waals surface area contributed by atoms with Crippen LogP contribution in [0.15, 0.2) is 0 Å². The van der Waals surface area contributed by atoms with Crippen molar-refractivity contribution in [2.24, 2.45) is 0 Å². The third-order valence-electron chi connectivity index (χ3n) is 4.10. The van der Waals surface area contributed by atoms with Crippen molar-refractivity contribution in [3.63, 3.8) is 0 Å². The van der Waals surface area contributed by atoms with Crippen LogP contribution in [-0.4, -0.2) is 60.9 Å². The van der Waals surface area contributed by atoms with E-state index < -0.39 is 5.60 Å². The Labute approximate surface area is 115 Å². The molecule has 2 N–H and O–H groups in total. The van der Waals surface area contributed by atoms with Crippen molar-refractivity contribution in [1.82, 2.24) is 10.2 Å². The van der Waals surface area contributed by atoms with Gasteiger partial charge in [0.2, 0.25) is 5.91 Å². The molecule has 0 spiro atoms. The highest BCUT2D eigenvalue weighted by atomic mass is 16.5. The number of aliphatic hydroxyl groups is 1. The van der Waals surface area contributed by atoms with E-state index >= 15 is 0 Å². The van der Waals surface area contributed by atoms with Crippen LogP contribution in [-0.2, 0) is 9.53 Å². The Kier molecular flexibility index (Phi) is 5.19. The summed E-state index contributed by atoms with van der Waals surface area (Å²) in [6.07, 6.45) is 5.72. The first-order valence-electron chi connectivity index (χ1n) is 7.35. The van der Waals surface area contributed by atoms with Crippen molar-refractivity contribution >= 4 is 5.91 Å². The predicted molar refractivity (Wildman–Crippen MR) is 72.9 cm³/mol. The molecule has 0 aromatic carbocycles. The zero-order valence-corrected chi connectivity index (χ0v) is 11.9. The number of hydrogen-bond acceptors (Lipinski definition) is 4. The van der Waals surface area contributed by atoms with Crippen LogP contribution in [0.2, 0.25) is 0 Å². The predicted octanol–water partition coefficient (Wildman–Crippen LogP) is 0.518. The molecule has 1 aliphatic carbocycles. The van der Waals surface area contributed by atoms with E-state index in [0.29, 0.717) is 13.1 Å². The van der Waals surface area contributed by atoms with Gasteiger partial charge in [-0.1, -0.05) is 12.8 Å². The van der Waals surface area contributed by atoms with Gasteiger partial charge < -0.3 is 15.2 Å². The molecule has 0 radical (unpaired) electrons. The lowest BCUT2D eigenvalue weighted by atomic mass is 10.0. The van der Waals surface area contributed by atoms with E-state index in [2.05, 4.69) is 5.32 Å². The SMILES string of the molecule is CN(CC(=O)NC1CCOCC1)CC1(O)CCCC1. The van der Waals surface area contributed by atoms with E-state index in [1.165, 1.54) is 0 Å². The maximum atomic E-state index is 11.9. The van der Waals surface area contributed by atoms with Crippen LogP contribution in [0.4, 0.5) is 0 Å². The van der Waals surface area contributed by atoms with Gasteiger partial charge in [-0.05, 0) is 32.7 Å². The van der Waals surface area contributed by atoms with Gasteiger partial charge in [0.05, 0.1) is 12.1 Å². The van der Waals surface area contributed by atoms with Crippen LogP contribution in [0.1, 0.15) is 38.5 Å². The Morgan fingerprint density at radius 3 is 2.63 bits per heavy atom. The second kappa shape index (κ2) is 6.68. The normalized spacial score (nSPS) is 23.7. The molecule has 2 rings (SSSR count). The Morgan fingerprint density at radius 2 is 2.00 bits per heavy atom. The highest BCUT2D eigenvalue weighted by Crippen LogP contribution is 2.29. The standard InChI is InChI=1S/C14H26N2O3/c1-16(11-14(18)6-2-3-7-14)10-13(17)15-12-4-8-19-9-5-12/h12,18H,2-11H2,1H3,(H,15,17).